The van der Waals surface area contributed by atoms with E-state index in [2.05, 4.69) is 13.0 Å². The highest BCUT2D eigenvalue weighted by molar-refractivity contribution is 7.47. The molecule has 1 unspecified atom stereocenters. The highest BCUT2D eigenvalue weighted by Gasteiger charge is 2.54. The Bertz CT molecular complexity index is 668. The summed E-state index contributed by atoms with van der Waals surface area (Å²) in [6.07, 6.45) is 6.04. The molecule has 2 saturated carbocycles. The molecule has 1 N–H and O–H groups in total. The van der Waals surface area contributed by atoms with Crippen LogP contribution in [0.5, 0.6) is 0 Å². The molecule has 1 aromatic rings. The van der Waals surface area contributed by atoms with Crippen molar-refractivity contribution in [3.63, 3.8) is 0 Å². The Morgan fingerprint density at radius 1 is 1.23 bits per heavy atom. The minimum absolute atomic E-state index is 0.0745. The van der Waals surface area contributed by atoms with Crippen LogP contribution in [-0.2, 0) is 15.8 Å². The normalized spacial score (nSPS) is 38.1. The summed E-state index contributed by atoms with van der Waals surface area (Å²) < 4.78 is 11.3. The van der Waals surface area contributed by atoms with Crippen LogP contribution in [0.25, 0.3) is 0 Å². The van der Waals surface area contributed by atoms with Crippen LogP contribution in [0.4, 0.5) is 0 Å². The van der Waals surface area contributed by atoms with Gasteiger partial charge in [0.2, 0.25) is 8.03 Å². The van der Waals surface area contributed by atoms with Crippen LogP contribution in [-0.4, -0.2) is 10.7 Å². The smallest absolute Gasteiger partial charge is 0.218 e. The van der Waals surface area contributed by atoms with Crippen molar-refractivity contribution in [2.45, 2.75) is 51.4 Å². The van der Waals surface area contributed by atoms with E-state index in [-0.39, 0.29) is 5.41 Å². The van der Waals surface area contributed by atoms with E-state index >= 15 is 0 Å². The minimum Gasteiger partial charge on any atom is -0.343 e. The molecule has 4 heteroatoms. The van der Waals surface area contributed by atoms with Crippen molar-refractivity contribution in [3.8, 4) is 0 Å². The van der Waals surface area contributed by atoms with E-state index in [1.807, 2.05) is 12.1 Å². The first kappa shape index (κ1) is 14.7. The molecule has 5 atom stereocenters. The third-order valence-corrected chi connectivity index (χ3v) is 7.49. The first-order valence-corrected chi connectivity index (χ1v) is 9.75. The van der Waals surface area contributed by atoms with Gasteiger partial charge in [-0.2, -0.15) is 0 Å². The van der Waals surface area contributed by atoms with Gasteiger partial charge in [0.05, 0.1) is 0 Å². The summed E-state index contributed by atoms with van der Waals surface area (Å²) in [4.78, 5) is 21.7. The predicted octanol–water partition coefficient (Wildman–Crippen LogP) is 3.20. The van der Waals surface area contributed by atoms with E-state index in [1.165, 1.54) is 11.1 Å². The summed E-state index contributed by atoms with van der Waals surface area (Å²) in [5.41, 5.74) is 2.57. The quantitative estimate of drug-likeness (QED) is 0.809. The molecule has 118 valence electrons. The van der Waals surface area contributed by atoms with Crippen LogP contribution in [0.2, 0.25) is 0 Å². The van der Waals surface area contributed by atoms with Crippen molar-refractivity contribution >= 4 is 19.1 Å². The van der Waals surface area contributed by atoms with E-state index in [1.54, 1.807) is 0 Å². The molecule has 0 bridgehead atoms. The van der Waals surface area contributed by atoms with E-state index in [0.29, 0.717) is 28.8 Å². The number of hydrogen-bond acceptors (Lipinski definition) is 2. The summed E-state index contributed by atoms with van der Waals surface area (Å²) in [6.45, 7) is 2.19. The molecule has 0 aromatic heterocycles. The Morgan fingerprint density at radius 3 is 2.82 bits per heavy atom. The van der Waals surface area contributed by atoms with Gasteiger partial charge in [0.15, 0.2) is 0 Å². The average Bonchev–Trinajstić information content (AvgIpc) is 2.82. The van der Waals surface area contributed by atoms with Gasteiger partial charge >= 0.3 is 0 Å². The summed E-state index contributed by atoms with van der Waals surface area (Å²) in [6, 6.07) is 5.86. The first-order chi connectivity index (χ1) is 10.5. The van der Waals surface area contributed by atoms with Crippen molar-refractivity contribution in [1.29, 1.82) is 0 Å². The van der Waals surface area contributed by atoms with Crippen LogP contribution in [0.1, 0.15) is 56.1 Å². The number of Topliss-reactive ketones (excluding diaryl/α,β-unsaturated/α-hetero) is 1. The SMILES string of the molecule is C[C@]12CC[C@@H]3c4ccc([PH](=O)O)cc4CC[C@H]3[C@@H]1CCC2=O. The lowest BCUT2D eigenvalue weighted by Gasteiger charge is -2.48. The minimum atomic E-state index is -2.60. The van der Waals surface area contributed by atoms with E-state index in [9.17, 15) is 14.3 Å². The fraction of sp³-hybridized carbons (Fsp3) is 0.611. The Kier molecular flexibility index (Phi) is 3.36. The Hall–Kier alpha value is -0.920. The van der Waals surface area contributed by atoms with Crippen LogP contribution in [0, 0.1) is 17.3 Å². The van der Waals surface area contributed by atoms with Gasteiger partial charge in [-0.25, -0.2) is 0 Å². The van der Waals surface area contributed by atoms with Crippen molar-refractivity contribution in [3.05, 3.63) is 29.3 Å². The third kappa shape index (κ3) is 1.98. The van der Waals surface area contributed by atoms with Gasteiger partial charge in [-0.1, -0.05) is 13.0 Å². The Labute approximate surface area is 132 Å². The van der Waals surface area contributed by atoms with Gasteiger partial charge in [0.1, 0.15) is 5.78 Å². The Balaban J connectivity index is 1.70. The van der Waals surface area contributed by atoms with Crippen LogP contribution < -0.4 is 5.30 Å². The topological polar surface area (TPSA) is 54.4 Å². The summed E-state index contributed by atoms with van der Waals surface area (Å²) in [7, 11) is -2.60. The first-order valence-electron chi connectivity index (χ1n) is 8.40. The highest BCUT2D eigenvalue weighted by atomic mass is 31.1. The predicted molar refractivity (Wildman–Crippen MR) is 86.9 cm³/mol. The molecule has 0 heterocycles. The van der Waals surface area contributed by atoms with Crippen molar-refractivity contribution in [2.24, 2.45) is 17.3 Å². The largest absolute Gasteiger partial charge is 0.343 e. The lowest BCUT2D eigenvalue weighted by Crippen LogP contribution is -2.42. The molecule has 22 heavy (non-hydrogen) atoms. The maximum absolute atomic E-state index is 12.3. The number of aryl methyl sites for hydroxylation is 1. The van der Waals surface area contributed by atoms with Crippen molar-refractivity contribution in [2.75, 3.05) is 0 Å². The molecule has 0 amide bonds. The summed E-state index contributed by atoms with van der Waals surface area (Å²) >= 11 is 0. The number of carbonyl (C=O) groups excluding carboxylic acids is 1. The molecule has 3 aliphatic rings. The summed E-state index contributed by atoms with van der Waals surface area (Å²) in [5, 5.41) is 0.582. The molecule has 0 aliphatic heterocycles. The van der Waals surface area contributed by atoms with E-state index in [4.69, 9.17) is 0 Å². The standard InChI is InChI=1S/C18H23O3P/c1-18-9-8-14-13-5-3-12(22(20)21)10-11(13)2-4-15(14)16(18)6-7-17(18)19/h3,5,10,14-16,22H,2,4,6-9H2,1H3,(H,20,21)/t14-,15-,16+,18+/m1/s1. The molecule has 0 spiro atoms. The maximum atomic E-state index is 12.3. The van der Waals surface area contributed by atoms with Gasteiger partial charge in [0.25, 0.3) is 0 Å². The number of benzene rings is 1. The number of rotatable bonds is 1. The van der Waals surface area contributed by atoms with Gasteiger partial charge < -0.3 is 4.89 Å². The fourth-order valence-corrected chi connectivity index (χ4v) is 6.01. The molecule has 3 nitrogen and oxygen atoms in total. The molecule has 3 aliphatic carbocycles. The van der Waals surface area contributed by atoms with E-state index < -0.39 is 8.03 Å². The zero-order chi connectivity index (χ0) is 15.5. The second kappa shape index (κ2) is 5.04. The molecule has 1 aromatic carbocycles. The number of carbonyl (C=O) groups is 1. The number of fused-ring (bicyclic) bond motifs is 5. The maximum Gasteiger partial charge on any atom is 0.218 e. The summed E-state index contributed by atoms with van der Waals surface area (Å²) in [5.74, 6) is 2.19. The van der Waals surface area contributed by atoms with Crippen molar-refractivity contribution in [1.82, 2.24) is 0 Å². The fourth-order valence-electron chi connectivity index (χ4n) is 5.49. The lowest BCUT2D eigenvalue weighted by atomic mass is 9.55. The van der Waals surface area contributed by atoms with Crippen molar-refractivity contribution < 1.29 is 14.3 Å². The van der Waals surface area contributed by atoms with E-state index in [0.717, 1.165) is 38.5 Å². The van der Waals surface area contributed by atoms with Crippen LogP contribution >= 0.6 is 8.03 Å². The molecule has 0 saturated heterocycles. The second-order valence-electron chi connectivity index (χ2n) is 7.55. The lowest BCUT2D eigenvalue weighted by molar-refractivity contribution is -0.129. The monoisotopic (exact) mass is 318 g/mol. The zero-order valence-electron chi connectivity index (χ0n) is 13.0. The van der Waals surface area contributed by atoms with Crippen LogP contribution in [0.15, 0.2) is 18.2 Å². The molecule has 4 rings (SSSR count). The highest BCUT2D eigenvalue weighted by Crippen LogP contribution is 2.59. The van der Waals surface area contributed by atoms with Gasteiger partial charge in [-0.3, -0.25) is 9.36 Å². The molecular weight excluding hydrogens is 295 g/mol. The number of ketones is 1. The average molecular weight is 318 g/mol. The van der Waals surface area contributed by atoms with Gasteiger partial charge in [-0.05, 0) is 73.1 Å². The number of hydrogen-bond donors (Lipinski definition) is 1. The van der Waals surface area contributed by atoms with Gasteiger partial charge in [-0.15, -0.1) is 0 Å². The van der Waals surface area contributed by atoms with Crippen LogP contribution in [0.3, 0.4) is 0 Å². The molecular formula is C18H23O3P. The van der Waals surface area contributed by atoms with Gasteiger partial charge in [0, 0.05) is 17.1 Å². The molecule has 0 radical (unpaired) electrons. The zero-order valence-corrected chi connectivity index (χ0v) is 14.0. The Morgan fingerprint density at radius 2 is 2.05 bits per heavy atom. The molecule has 2 fully saturated rings. The third-order valence-electron chi connectivity index (χ3n) is 6.68. The second-order valence-corrected chi connectivity index (χ2v) is 8.74.